The molecule has 3 aliphatic rings. The van der Waals surface area contributed by atoms with Crippen LogP contribution < -0.4 is 5.32 Å². The van der Waals surface area contributed by atoms with E-state index in [0.717, 1.165) is 47.3 Å². The quantitative estimate of drug-likeness (QED) is 0.328. The Balaban J connectivity index is 1.31. The number of hydrogen-bond acceptors (Lipinski definition) is 7. The first-order valence-electron chi connectivity index (χ1n) is 14.2. The maximum atomic E-state index is 13.4. The van der Waals surface area contributed by atoms with Crippen molar-refractivity contribution in [2.45, 2.75) is 44.9 Å². The summed E-state index contributed by atoms with van der Waals surface area (Å²) in [5.41, 5.74) is 6.59. The third-order valence-corrected chi connectivity index (χ3v) is 10.2. The summed E-state index contributed by atoms with van der Waals surface area (Å²) >= 11 is 2.63. The lowest BCUT2D eigenvalue weighted by atomic mass is 9.77. The van der Waals surface area contributed by atoms with Gasteiger partial charge in [-0.2, -0.15) is 0 Å². The molecule has 4 heterocycles. The second-order valence-electron chi connectivity index (χ2n) is 11.0. The fourth-order valence-corrected chi connectivity index (χ4v) is 7.83. The van der Waals surface area contributed by atoms with E-state index in [9.17, 15) is 19.5 Å². The number of amides is 2. The van der Waals surface area contributed by atoms with Crippen molar-refractivity contribution in [2.24, 2.45) is 11.8 Å². The average Bonchev–Trinajstić information content (AvgIpc) is 3.80. The van der Waals surface area contributed by atoms with E-state index in [0.29, 0.717) is 48.5 Å². The molecule has 0 spiro atoms. The van der Waals surface area contributed by atoms with Crippen LogP contribution in [0.2, 0.25) is 0 Å². The molecule has 1 aromatic carbocycles. The zero-order valence-electron chi connectivity index (χ0n) is 22.8. The molecule has 0 bridgehead atoms. The summed E-state index contributed by atoms with van der Waals surface area (Å²) < 4.78 is 5.49. The minimum atomic E-state index is -0.952. The van der Waals surface area contributed by atoms with Crippen LogP contribution in [-0.4, -0.2) is 59.1 Å². The van der Waals surface area contributed by atoms with Crippen LogP contribution in [0.1, 0.15) is 70.7 Å². The molecule has 1 atom stereocenters. The van der Waals surface area contributed by atoms with Crippen LogP contribution in [0.3, 0.4) is 0 Å². The molecule has 2 amide bonds. The molecule has 3 aromatic rings. The molecule has 6 rings (SSSR count). The van der Waals surface area contributed by atoms with Gasteiger partial charge in [0.2, 0.25) is 5.91 Å². The topological polar surface area (TPSA) is 109 Å². The summed E-state index contributed by atoms with van der Waals surface area (Å²) in [6.07, 6.45) is 7.40. The average molecular weight is 592 g/mol. The molecule has 2 aromatic heterocycles. The molecule has 41 heavy (non-hydrogen) atoms. The normalized spacial score (nSPS) is 19.9. The standard InChI is InChI=1S/C31H33N3O5S2/c35-29(26-17-40-18-32-26)33-22-8-6-20(7-9-22)27-14-24(28(41-27)31(37)38)25-15-34(30(36)21-11-13-39-16-21)12-10-23(25)19-4-2-1-3-5-19/h6-9,14,17-19,21H,1-5,10-13,15-16H2,(H,33,35)(H,37,38). The Morgan fingerprint density at radius 1 is 1.07 bits per heavy atom. The van der Waals surface area contributed by atoms with E-state index in [1.165, 1.54) is 47.5 Å². The van der Waals surface area contributed by atoms with E-state index in [1.807, 2.05) is 35.2 Å². The first kappa shape index (κ1) is 27.8. The number of rotatable bonds is 7. The van der Waals surface area contributed by atoms with Crippen molar-refractivity contribution in [1.82, 2.24) is 9.88 Å². The Kier molecular flexibility index (Phi) is 8.32. The van der Waals surface area contributed by atoms with Crippen LogP contribution in [0, 0.1) is 11.8 Å². The molecule has 0 radical (unpaired) electrons. The van der Waals surface area contributed by atoms with Crippen molar-refractivity contribution in [2.75, 3.05) is 31.6 Å². The van der Waals surface area contributed by atoms with Gasteiger partial charge in [-0.3, -0.25) is 9.59 Å². The summed E-state index contributed by atoms with van der Waals surface area (Å²) in [7, 11) is 0. The van der Waals surface area contributed by atoms with Crippen LogP contribution in [-0.2, 0) is 9.53 Å². The van der Waals surface area contributed by atoms with Crippen LogP contribution in [0.5, 0.6) is 0 Å². The number of anilines is 1. The number of thiazole rings is 1. The molecule has 1 saturated heterocycles. The summed E-state index contributed by atoms with van der Waals surface area (Å²) in [4.78, 5) is 45.4. The fourth-order valence-electron chi connectivity index (χ4n) is 6.27. The third kappa shape index (κ3) is 6.00. The van der Waals surface area contributed by atoms with Gasteiger partial charge in [-0.25, -0.2) is 9.78 Å². The Morgan fingerprint density at radius 3 is 2.56 bits per heavy atom. The number of carbonyl (C=O) groups excluding carboxylic acids is 2. The van der Waals surface area contributed by atoms with Gasteiger partial charge in [0.1, 0.15) is 10.6 Å². The van der Waals surface area contributed by atoms with Crippen molar-refractivity contribution in [3.05, 3.63) is 62.9 Å². The van der Waals surface area contributed by atoms with Crippen molar-refractivity contribution in [3.63, 3.8) is 0 Å². The molecular weight excluding hydrogens is 558 g/mol. The zero-order valence-corrected chi connectivity index (χ0v) is 24.4. The Morgan fingerprint density at radius 2 is 1.88 bits per heavy atom. The van der Waals surface area contributed by atoms with Gasteiger partial charge in [0.25, 0.3) is 5.91 Å². The molecule has 2 aliphatic heterocycles. The molecule has 214 valence electrons. The second-order valence-corrected chi connectivity index (χ2v) is 12.7. The van der Waals surface area contributed by atoms with Gasteiger partial charge >= 0.3 is 5.97 Å². The molecule has 1 aliphatic carbocycles. The number of carbonyl (C=O) groups is 3. The van der Waals surface area contributed by atoms with Gasteiger partial charge in [0.15, 0.2) is 0 Å². The monoisotopic (exact) mass is 591 g/mol. The first-order chi connectivity index (χ1) is 20.0. The van der Waals surface area contributed by atoms with Crippen LogP contribution in [0.4, 0.5) is 5.69 Å². The van der Waals surface area contributed by atoms with Crippen molar-refractivity contribution in [1.29, 1.82) is 0 Å². The molecule has 10 heteroatoms. The molecule has 2 fully saturated rings. The first-order valence-corrected chi connectivity index (χ1v) is 16.0. The number of aromatic carboxylic acids is 1. The highest BCUT2D eigenvalue weighted by Crippen LogP contribution is 2.43. The van der Waals surface area contributed by atoms with Crippen LogP contribution >= 0.6 is 22.7 Å². The van der Waals surface area contributed by atoms with Crippen molar-refractivity contribution >= 4 is 51.7 Å². The third-order valence-electron chi connectivity index (χ3n) is 8.42. The highest BCUT2D eigenvalue weighted by Gasteiger charge is 2.34. The number of carboxylic acids is 1. The molecular formula is C31H33N3O5S2. The summed E-state index contributed by atoms with van der Waals surface area (Å²) in [6, 6.07) is 9.41. The van der Waals surface area contributed by atoms with E-state index < -0.39 is 5.97 Å². The Bertz CT molecular complexity index is 1450. The van der Waals surface area contributed by atoms with E-state index in [-0.39, 0.29) is 17.7 Å². The summed E-state index contributed by atoms with van der Waals surface area (Å²) in [5.74, 6) is -0.777. The van der Waals surface area contributed by atoms with Gasteiger partial charge < -0.3 is 20.1 Å². The lowest BCUT2D eigenvalue weighted by Crippen LogP contribution is -2.41. The minimum Gasteiger partial charge on any atom is -0.477 e. The predicted octanol–water partition coefficient (Wildman–Crippen LogP) is 6.42. The number of aromatic nitrogens is 1. The molecule has 1 saturated carbocycles. The highest BCUT2D eigenvalue weighted by molar-refractivity contribution is 7.17. The summed E-state index contributed by atoms with van der Waals surface area (Å²) in [6.45, 7) is 2.20. The maximum Gasteiger partial charge on any atom is 0.346 e. The number of hydrogen-bond donors (Lipinski definition) is 2. The largest absolute Gasteiger partial charge is 0.477 e. The maximum absolute atomic E-state index is 13.4. The number of nitrogens with zero attached hydrogens (tertiary/aromatic N) is 2. The fraction of sp³-hybridized carbons (Fsp3) is 0.419. The number of thiophene rings is 1. The minimum absolute atomic E-state index is 0.112. The van der Waals surface area contributed by atoms with Crippen molar-refractivity contribution < 1.29 is 24.2 Å². The Labute approximate surface area is 247 Å². The van der Waals surface area contributed by atoms with Crippen LogP contribution in [0.15, 0.2) is 46.8 Å². The Hall–Kier alpha value is -3.34. The lowest BCUT2D eigenvalue weighted by molar-refractivity contribution is -0.135. The van der Waals surface area contributed by atoms with Crippen molar-refractivity contribution in [3.8, 4) is 10.4 Å². The van der Waals surface area contributed by atoms with Gasteiger partial charge in [0, 0.05) is 41.2 Å². The van der Waals surface area contributed by atoms with E-state index in [2.05, 4.69) is 10.3 Å². The zero-order chi connectivity index (χ0) is 28.3. The van der Waals surface area contributed by atoms with Gasteiger partial charge in [0.05, 0.1) is 18.0 Å². The molecule has 8 nitrogen and oxygen atoms in total. The molecule has 2 N–H and O–H groups in total. The SMILES string of the molecule is O=C(Nc1ccc(-c2cc(C3=C(C4CCCCC4)CCN(C(=O)C4CCOC4)C3)c(C(=O)O)s2)cc1)c1cscn1. The number of nitrogens with one attached hydrogen (secondary N) is 1. The highest BCUT2D eigenvalue weighted by atomic mass is 32.1. The van der Waals surface area contributed by atoms with E-state index in [4.69, 9.17) is 4.74 Å². The summed E-state index contributed by atoms with van der Waals surface area (Å²) in [5, 5.41) is 14.8. The van der Waals surface area contributed by atoms with Crippen LogP contribution in [0.25, 0.3) is 16.0 Å². The van der Waals surface area contributed by atoms with E-state index in [1.54, 1.807) is 10.9 Å². The number of carboxylic acid groups (broad SMARTS) is 1. The lowest BCUT2D eigenvalue weighted by Gasteiger charge is -2.36. The van der Waals surface area contributed by atoms with Gasteiger partial charge in [-0.05, 0) is 60.9 Å². The predicted molar refractivity (Wildman–Crippen MR) is 160 cm³/mol. The smallest absolute Gasteiger partial charge is 0.346 e. The second kappa shape index (κ2) is 12.3. The number of ether oxygens (including phenoxy) is 1. The van der Waals surface area contributed by atoms with Gasteiger partial charge in [-0.15, -0.1) is 22.7 Å². The van der Waals surface area contributed by atoms with Gasteiger partial charge in [-0.1, -0.05) is 37.0 Å². The molecule has 1 unspecified atom stereocenters. The number of benzene rings is 1. The van der Waals surface area contributed by atoms with E-state index >= 15 is 0 Å².